The van der Waals surface area contributed by atoms with Crippen LogP contribution in [0.4, 0.5) is 0 Å². The lowest BCUT2D eigenvalue weighted by molar-refractivity contribution is 0.833. The first-order valence-corrected chi connectivity index (χ1v) is 8.10. The Morgan fingerprint density at radius 3 is 2.63 bits per heavy atom. The molecule has 0 amide bonds. The Bertz CT molecular complexity index is 661. The van der Waals surface area contributed by atoms with Crippen molar-refractivity contribution in [2.45, 2.75) is 10.3 Å². The molecule has 0 aliphatic rings. The number of rotatable bonds is 4. The van der Waals surface area contributed by atoms with Gasteiger partial charge in [0.15, 0.2) is 0 Å². The van der Waals surface area contributed by atoms with Gasteiger partial charge in [-0.05, 0) is 33.8 Å². The van der Waals surface area contributed by atoms with Crippen LogP contribution in [0.1, 0.15) is 11.6 Å². The first-order chi connectivity index (χ1) is 9.33. The summed E-state index contributed by atoms with van der Waals surface area (Å²) in [5, 5.41) is 4.63. The summed E-state index contributed by atoms with van der Waals surface area (Å²) in [6, 6.07) is 19.2. The Kier molecular flexibility index (Phi) is 3.87. The van der Waals surface area contributed by atoms with Gasteiger partial charge >= 0.3 is 0 Å². The Hall–Kier alpha value is -1.29. The highest BCUT2D eigenvalue weighted by molar-refractivity contribution is 8.01. The van der Waals surface area contributed by atoms with E-state index in [2.05, 4.69) is 60.0 Å². The van der Waals surface area contributed by atoms with Crippen LogP contribution in [0.25, 0.3) is 10.8 Å². The van der Waals surface area contributed by atoms with Crippen molar-refractivity contribution < 1.29 is 0 Å². The third-order valence-corrected chi connectivity index (χ3v) is 5.35. The number of hydrogen-bond acceptors (Lipinski definition) is 3. The van der Waals surface area contributed by atoms with Crippen LogP contribution in [-0.2, 0) is 0 Å². The molecule has 0 radical (unpaired) electrons. The Balaban J connectivity index is 1.75. The van der Waals surface area contributed by atoms with Crippen molar-refractivity contribution in [3.8, 4) is 0 Å². The van der Waals surface area contributed by atoms with Crippen molar-refractivity contribution in [2.24, 2.45) is 5.73 Å². The van der Waals surface area contributed by atoms with Crippen LogP contribution < -0.4 is 5.73 Å². The summed E-state index contributed by atoms with van der Waals surface area (Å²) in [7, 11) is 0. The average Bonchev–Trinajstić information content (AvgIpc) is 2.97. The zero-order valence-electron chi connectivity index (χ0n) is 10.5. The van der Waals surface area contributed by atoms with Crippen molar-refractivity contribution in [3.63, 3.8) is 0 Å². The van der Waals surface area contributed by atoms with Gasteiger partial charge in [-0.3, -0.25) is 0 Å². The zero-order chi connectivity index (χ0) is 13.1. The van der Waals surface area contributed by atoms with E-state index in [0.29, 0.717) is 0 Å². The smallest absolute Gasteiger partial charge is 0.0599 e. The topological polar surface area (TPSA) is 26.0 Å². The van der Waals surface area contributed by atoms with Gasteiger partial charge in [0.2, 0.25) is 0 Å². The zero-order valence-corrected chi connectivity index (χ0v) is 12.1. The van der Waals surface area contributed by atoms with Gasteiger partial charge in [0.05, 0.1) is 4.21 Å². The molecule has 3 aromatic rings. The maximum absolute atomic E-state index is 6.29. The second kappa shape index (κ2) is 5.78. The minimum absolute atomic E-state index is 0.0803. The Labute approximate surface area is 121 Å². The summed E-state index contributed by atoms with van der Waals surface area (Å²) in [5.41, 5.74) is 7.50. The minimum atomic E-state index is 0.0803. The van der Waals surface area contributed by atoms with Crippen LogP contribution in [0.15, 0.2) is 64.2 Å². The molecule has 1 nitrogen and oxygen atoms in total. The third-order valence-electron chi connectivity index (χ3n) is 3.10. The van der Waals surface area contributed by atoms with E-state index in [4.69, 9.17) is 5.73 Å². The molecule has 0 fully saturated rings. The Morgan fingerprint density at radius 2 is 1.84 bits per heavy atom. The fourth-order valence-electron chi connectivity index (χ4n) is 2.05. The van der Waals surface area contributed by atoms with Crippen molar-refractivity contribution in [2.75, 3.05) is 5.75 Å². The van der Waals surface area contributed by atoms with Gasteiger partial charge in [0.1, 0.15) is 0 Å². The summed E-state index contributed by atoms with van der Waals surface area (Å²) in [4.78, 5) is 0. The van der Waals surface area contributed by atoms with Gasteiger partial charge in [0.25, 0.3) is 0 Å². The highest BCUT2D eigenvalue weighted by Gasteiger charge is 2.07. The van der Waals surface area contributed by atoms with Gasteiger partial charge in [-0.2, -0.15) is 0 Å². The van der Waals surface area contributed by atoms with Crippen LogP contribution in [0, 0.1) is 0 Å². The summed E-state index contributed by atoms with van der Waals surface area (Å²) in [5.74, 6) is 0.916. The van der Waals surface area contributed by atoms with E-state index >= 15 is 0 Å². The lowest BCUT2D eigenvalue weighted by Gasteiger charge is -2.12. The number of benzene rings is 2. The number of thiophene rings is 1. The Morgan fingerprint density at radius 1 is 1.00 bits per heavy atom. The molecule has 0 saturated carbocycles. The molecule has 19 heavy (non-hydrogen) atoms. The monoisotopic (exact) mass is 285 g/mol. The standard InChI is InChI=1S/C16H15NS2/c17-15(11-19-16-6-3-9-18-16)14-8-7-12-4-1-2-5-13(12)10-14/h1-10,15H,11,17H2. The number of nitrogens with two attached hydrogens (primary N) is 1. The van der Waals surface area contributed by atoms with E-state index in [1.165, 1.54) is 20.5 Å². The highest BCUT2D eigenvalue weighted by atomic mass is 32.2. The van der Waals surface area contributed by atoms with Gasteiger partial charge in [-0.25, -0.2) is 0 Å². The van der Waals surface area contributed by atoms with Crippen LogP contribution in [0.3, 0.4) is 0 Å². The van der Waals surface area contributed by atoms with E-state index in [0.717, 1.165) is 5.75 Å². The van der Waals surface area contributed by atoms with Crippen molar-refractivity contribution in [3.05, 3.63) is 65.5 Å². The van der Waals surface area contributed by atoms with E-state index in [9.17, 15) is 0 Å². The molecule has 0 spiro atoms. The molecule has 3 rings (SSSR count). The minimum Gasteiger partial charge on any atom is -0.323 e. The molecular weight excluding hydrogens is 270 g/mol. The summed E-state index contributed by atoms with van der Waals surface area (Å²) in [6.45, 7) is 0. The van der Waals surface area contributed by atoms with E-state index in [-0.39, 0.29) is 6.04 Å². The molecule has 1 heterocycles. The second-order valence-corrected chi connectivity index (χ2v) is 6.72. The molecule has 2 N–H and O–H groups in total. The van der Waals surface area contributed by atoms with E-state index in [1.807, 2.05) is 11.8 Å². The second-order valence-electron chi connectivity index (χ2n) is 4.46. The van der Waals surface area contributed by atoms with Gasteiger partial charge < -0.3 is 5.73 Å². The van der Waals surface area contributed by atoms with Crippen LogP contribution in [0.2, 0.25) is 0 Å². The summed E-state index contributed by atoms with van der Waals surface area (Å²) < 4.78 is 1.33. The molecule has 0 bridgehead atoms. The molecule has 1 atom stereocenters. The van der Waals surface area contributed by atoms with Gasteiger partial charge in [-0.15, -0.1) is 23.1 Å². The molecule has 0 saturated heterocycles. The number of thioether (sulfide) groups is 1. The molecule has 1 unspecified atom stereocenters. The summed E-state index contributed by atoms with van der Waals surface area (Å²) in [6.07, 6.45) is 0. The maximum Gasteiger partial charge on any atom is 0.0599 e. The molecule has 1 aromatic heterocycles. The first-order valence-electron chi connectivity index (χ1n) is 6.23. The van der Waals surface area contributed by atoms with Crippen LogP contribution >= 0.6 is 23.1 Å². The molecular formula is C16H15NS2. The molecule has 3 heteroatoms. The van der Waals surface area contributed by atoms with Crippen molar-refractivity contribution >= 4 is 33.9 Å². The predicted molar refractivity (Wildman–Crippen MR) is 85.9 cm³/mol. The fourth-order valence-corrected chi connectivity index (χ4v) is 3.85. The van der Waals surface area contributed by atoms with Crippen LogP contribution in [-0.4, -0.2) is 5.75 Å². The first kappa shape index (κ1) is 12.7. The number of hydrogen-bond donors (Lipinski definition) is 1. The van der Waals surface area contributed by atoms with Gasteiger partial charge in [0, 0.05) is 11.8 Å². The maximum atomic E-state index is 6.29. The molecule has 0 aliphatic heterocycles. The molecule has 0 aliphatic carbocycles. The van der Waals surface area contributed by atoms with E-state index in [1.54, 1.807) is 11.3 Å². The largest absolute Gasteiger partial charge is 0.323 e. The highest BCUT2D eigenvalue weighted by Crippen LogP contribution is 2.28. The van der Waals surface area contributed by atoms with Gasteiger partial charge in [-0.1, -0.05) is 42.5 Å². The van der Waals surface area contributed by atoms with Crippen LogP contribution in [0.5, 0.6) is 0 Å². The van der Waals surface area contributed by atoms with Crippen molar-refractivity contribution in [1.29, 1.82) is 0 Å². The lowest BCUT2D eigenvalue weighted by atomic mass is 10.0. The molecule has 96 valence electrons. The molecule has 2 aromatic carbocycles. The SMILES string of the molecule is NC(CSc1cccs1)c1ccc2ccccc2c1. The quantitative estimate of drug-likeness (QED) is 0.704. The normalized spacial score (nSPS) is 12.7. The summed E-state index contributed by atoms with van der Waals surface area (Å²) >= 11 is 3.60. The van der Waals surface area contributed by atoms with E-state index < -0.39 is 0 Å². The predicted octanol–water partition coefficient (Wildman–Crippen LogP) is 4.69. The average molecular weight is 285 g/mol. The fraction of sp³-hybridized carbons (Fsp3) is 0.125. The lowest BCUT2D eigenvalue weighted by Crippen LogP contribution is -2.12. The van der Waals surface area contributed by atoms with Crippen molar-refractivity contribution in [1.82, 2.24) is 0 Å². The third kappa shape index (κ3) is 3.00. The number of fused-ring (bicyclic) bond motifs is 1.